The molecule has 7 heteroatoms. The largest absolute Gasteiger partial charge is 0.192 e. The first-order valence-electron chi connectivity index (χ1n) is 3.60. The van der Waals surface area contributed by atoms with E-state index in [1.807, 2.05) is 18.2 Å². The molecule has 70 valence electrons. The molecule has 0 amide bonds. The van der Waals surface area contributed by atoms with E-state index in [2.05, 4.69) is 4.37 Å². The van der Waals surface area contributed by atoms with Crippen molar-refractivity contribution in [3.8, 4) is 18.2 Å². The predicted octanol–water partition coefficient (Wildman–Crippen LogP) is 2.47. The van der Waals surface area contributed by atoms with Crippen LogP contribution in [0.3, 0.4) is 0 Å². The van der Waals surface area contributed by atoms with Crippen molar-refractivity contribution < 1.29 is 0 Å². The molecule has 15 heavy (non-hydrogen) atoms. The Balaban J connectivity index is 2.52. The van der Waals surface area contributed by atoms with Gasteiger partial charge in [-0.3, -0.25) is 0 Å². The molecular formula is C8N4S3. The van der Waals surface area contributed by atoms with E-state index in [9.17, 15) is 0 Å². The molecule has 2 rings (SSSR count). The highest BCUT2D eigenvalue weighted by Crippen LogP contribution is 2.48. The maximum Gasteiger partial charge on any atom is 0.140 e. The molecule has 0 atom stereocenters. The molecule has 0 radical (unpaired) electrons. The molecule has 0 aliphatic carbocycles. The van der Waals surface area contributed by atoms with Crippen LogP contribution in [0.25, 0.3) is 0 Å². The summed E-state index contributed by atoms with van der Waals surface area (Å²) < 4.78 is 4.06. The zero-order chi connectivity index (χ0) is 10.8. The smallest absolute Gasteiger partial charge is 0.140 e. The van der Waals surface area contributed by atoms with Crippen LogP contribution < -0.4 is 0 Å². The van der Waals surface area contributed by atoms with E-state index >= 15 is 0 Å². The lowest BCUT2D eigenvalue weighted by molar-refractivity contribution is 1.16. The monoisotopic (exact) mass is 248 g/mol. The van der Waals surface area contributed by atoms with Crippen molar-refractivity contribution in [2.24, 2.45) is 0 Å². The molecule has 0 aromatic carbocycles. The number of rotatable bonds is 0. The molecule has 0 unspecified atom stereocenters. The molecule has 0 bridgehead atoms. The van der Waals surface area contributed by atoms with Gasteiger partial charge in [0.05, 0.1) is 4.90 Å². The van der Waals surface area contributed by atoms with Crippen LogP contribution in [0.4, 0.5) is 0 Å². The highest BCUT2D eigenvalue weighted by Gasteiger charge is 2.25. The molecule has 1 aliphatic rings. The minimum Gasteiger partial charge on any atom is -0.192 e. The van der Waals surface area contributed by atoms with Crippen LogP contribution in [0.1, 0.15) is 4.88 Å². The fourth-order valence-electron chi connectivity index (χ4n) is 0.932. The lowest BCUT2D eigenvalue weighted by atomic mass is 10.5. The van der Waals surface area contributed by atoms with Crippen LogP contribution in [0.5, 0.6) is 0 Å². The van der Waals surface area contributed by atoms with Crippen LogP contribution in [0.15, 0.2) is 19.7 Å². The third-order valence-corrected chi connectivity index (χ3v) is 4.88. The summed E-state index contributed by atoms with van der Waals surface area (Å²) in [6.07, 6.45) is 0. The molecule has 2 heterocycles. The number of hydrogen-bond acceptors (Lipinski definition) is 7. The lowest BCUT2D eigenvalue weighted by Crippen LogP contribution is -1.89. The van der Waals surface area contributed by atoms with Gasteiger partial charge in [-0.25, -0.2) is 0 Å². The van der Waals surface area contributed by atoms with E-state index in [4.69, 9.17) is 15.8 Å². The Kier molecular flexibility index (Phi) is 2.66. The highest BCUT2D eigenvalue weighted by molar-refractivity contribution is 8.09. The van der Waals surface area contributed by atoms with Gasteiger partial charge in [-0.15, -0.1) is 0 Å². The summed E-state index contributed by atoms with van der Waals surface area (Å²) in [5.74, 6) is 0. The Hall–Kier alpha value is -1.46. The molecule has 1 aromatic heterocycles. The number of nitrogens with zero attached hydrogens (tertiary/aromatic N) is 4. The van der Waals surface area contributed by atoms with Gasteiger partial charge in [0.2, 0.25) is 0 Å². The average molecular weight is 248 g/mol. The topological polar surface area (TPSA) is 84.3 Å². The van der Waals surface area contributed by atoms with Crippen LogP contribution in [0, 0.1) is 34.0 Å². The van der Waals surface area contributed by atoms with Gasteiger partial charge < -0.3 is 0 Å². The fraction of sp³-hybridized carbons (Fsp3) is 0. The second-order valence-electron chi connectivity index (χ2n) is 2.34. The Bertz CT molecular complexity index is 578. The van der Waals surface area contributed by atoms with Crippen LogP contribution >= 0.6 is 35.1 Å². The van der Waals surface area contributed by atoms with Crippen LogP contribution in [-0.4, -0.2) is 4.37 Å². The Morgan fingerprint density at radius 2 is 1.60 bits per heavy atom. The summed E-state index contributed by atoms with van der Waals surface area (Å²) in [4.78, 5) is 1.88. The van der Waals surface area contributed by atoms with E-state index < -0.39 is 0 Å². The first-order valence-corrected chi connectivity index (χ1v) is 6.00. The number of thioether (sulfide) groups is 2. The van der Waals surface area contributed by atoms with E-state index in [0.29, 0.717) is 24.6 Å². The lowest BCUT2D eigenvalue weighted by Gasteiger charge is -2.08. The van der Waals surface area contributed by atoms with Crippen molar-refractivity contribution in [2.75, 3.05) is 0 Å². The van der Waals surface area contributed by atoms with Gasteiger partial charge in [0.25, 0.3) is 0 Å². The average Bonchev–Trinajstić information content (AvgIpc) is 2.68. The first-order chi connectivity index (χ1) is 7.30. The SMILES string of the molecule is N#CC1=C(C#N)Sc2c(nsc2C#N)S1. The number of fused-ring (bicyclic) bond motifs is 1. The highest BCUT2D eigenvalue weighted by atomic mass is 32.2. The minimum absolute atomic E-state index is 0.340. The van der Waals surface area contributed by atoms with Gasteiger partial charge >= 0.3 is 0 Å². The van der Waals surface area contributed by atoms with Crippen molar-refractivity contribution in [3.63, 3.8) is 0 Å². The third-order valence-electron chi connectivity index (χ3n) is 1.53. The van der Waals surface area contributed by atoms with E-state index in [1.54, 1.807) is 0 Å². The van der Waals surface area contributed by atoms with Crippen molar-refractivity contribution in [1.29, 1.82) is 15.8 Å². The standard InChI is InChI=1S/C8N4S3/c9-1-4-5(2-10)14-8-7(13-4)6(3-11)15-12-8. The molecule has 1 aliphatic heterocycles. The Labute approximate surface area is 98.0 Å². The van der Waals surface area contributed by atoms with Gasteiger partial charge in [0.15, 0.2) is 0 Å². The van der Waals surface area contributed by atoms with Gasteiger partial charge in [0.1, 0.15) is 37.9 Å². The summed E-state index contributed by atoms with van der Waals surface area (Å²) in [5.41, 5.74) is 0. The molecule has 0 spiro atoms. The molecular weight excluding hydrogens is 248 g/mol. The second kappa shape index (κ2) is 3.96. The summed E-state index contributed by atoms with van der Waals surface area (Å²) >= 11 is 3.39. The molecule has 4 nitrogen and oxygen atoms in total. The van der Waals surface area contributed by atoms with Crippen molar-refractivity contribution in [1.82, 2.24) is 4.37 Å². The quantitative estimate of drug-likeness (QED) is 0.701. The summed E-state index contributed by atoms with van der Waals surface area (Å²) in [6.45, 7) is 0. The summed E-state index contributed by atoms with van der Waals surface area (Å²) in [5, 5.41) is 27.1. The second-order valence-corrected chi connectivity index (χ2v) is 5.14. The van der Waals surface area contributed by atoms with E-state index in [0.717, 1.165) is 35.1 Å². The first kappa shape index (κ1) is 10.1. The van der Waals surface area contributed by atoms with Gasteiger partial charge in [-0.1, -0.05) is 23.5 Å². The minimum atomic E-state index is 0.340. The predicted molar refractivity (Wildman–Crippen MR) is 56.8 cm³/mol. The number of hydrogen-bond donors (Lipinski definition) is 0. The maximum atomic E-state index is 8.83. The number of allylic oxidation sites excluding steroid dienone is 2. The molecule has 1 aromatic rings. The van der Waals surface area contributed by atoms with Gasteiger partial charge in [-0.2, -0.15) is 20.2 Å². The van der Waals surface area contributed by atoms with Crippen LogP contribution in [0.2, 0.25) is 0 Å². The maximum absolute atomic E-state index is 8.83. The molecule has 0 N–H and O–H groups in total. The normalized spacial score (nSPS) is 13.7. The van der Waals surface area contributed by atoms with Crippen molar-refractivity contribution >= 4 is 35.1 Å². The van der Waals surface area contributed by atoms with Gasteiger partial charge in [-0.05, 0) is 11.5 Å². The van der Waals surface area contributed by atoms with E-state index in [1.165, 1.54) is 0 Å². The fourth-order valence-corrected chi connectivity index (χ4v) is 3.77. The third kappa shape index (κ3) is 1.60. The zero-order valence-corrected chi connectivity index (χ0v) is 9.46. The summed E-state index contributed by atoms with van der Waals surface area (Å²) in [6, 6.07) is 5.93. The van der Waals surface area contributed by atoms with E-state index in [-0.39, 0.29) is 0 Å². The molecule has 0 saturated heterocycles. The van der Waals surface area contributed by atoms with Crippen molar-refractivity contribution in [2.45, 2.75) is 9.92 Å². The number of aromatic nitrogens is 1. The Morgan fingerprint density at radius 1 is 0.933 bits per heavy atom. The van der Waals surface area contributed by atoms with Crippen molar-refractivity contribution in [3.05, 3.63) is 14.7 Å². The molecule has 0 saturated carbocycles. The number of nitriles is 3. The summed E-state index contributed by atoms with van der Waals surface area (Å²) in [7, 11) is 0. The Morgan fingerprint density at radius 3 is 2.20 bits per heavy atom. The molecule has 0 fully saturated rings. The zero-order valence-electron chi connectivity index (χ0n) is 7.01. The van der Waals surface area contributed by atoms with Gasteiger partial charge in [0, 0.05) is 0 Å². The van der Waals surface area contributed by atoms with Crippen LogP contribution in [-0.2, 0) is 0 Å².